The Morgan fingerprint density at radius 2 is 1.75 bits per heavy atom. The second-order valence-electron chi connectivity index (χ2n) is 10.1. The van der Waals surface area contributed by atoms with E-state index >= 15 is 0 Å². The number of imidazole rings is 1. The molecule has 5 rings (SSSR count). The fraction of sp³-hybridized carbons (Fsp3) is 0.367. The number of pyridine rings is 1. The normalized spacial score (nSPS) is 12.2. The SMILES string of the molecule is CCCCc1nc2cc(Br)c(CF)nc2n1Cc1ccc(-c2ccccc2-c2nnnn2C(C)OCC)cc1.CS(=O)(=O)O. The number of rotatable bonds is 11. The number of hydrogen-bond acceptors (Lipinski definition) is 8. The van der Waals surface area contributed by atoms with E-state index < -0.39 is 16.8 Å². The van der Waals surface area contributed by atoms with E-state index in [1.54, 1.807) is 4.68 Å². The van der Waals surface area contributed by atoms with Gasteiger partial charge in [-0.1, -0.05) is 61.9 Å². The molecule has 0 radical (unpaired) electrons. The Hall–Kier alpha value is -3.59. The zero-order chi connectivity index (χ0) is 31.9. The summed E-state index contributed by atoms with van der Waals surface area (Å²) in [4.78, 5) is 9.45. The second-order valence-corrected chi connectivity index (χ2v) is 12.4. The molecule has 0 fully saturated rings. The molecule has 0 aliphatic heterocycles. The van der Waals surface area contributed by atoms with Crippen molar-refractivity contribution in [3.8, 4) is 22.5 Å². The van der Waals surface area contributed by atoms with Gasteiger partial charge in [0.05, 0.1) is 18.5 Å². The predicted molar refractivity (Wildman–Crippen MR) is 170 cm³/mol. The van der Waals surface area contributed by atoms with Crippen LogP contribution in [0.2, 0.25) is 0 Å². The van der Waals surface area contributed by atoms with Crippen molar-refractivity contribution >= 4 is 37.2 Å². The molecule has 1 atom stereocenters. The van der Waals surface area contributed by atoms with Crippen LogP contribution in [0.5, 0.6) is 0 Å². The molecule has 234 valence electrons. The first-order valence-corrected chi connectivity index (χ1v) is 16.8. The highest BCUT2D eigenvalue weighted by molar-refractivity contribution is 9.10. The van der Waals surface area contributed by atoms with Gasteiger partial charge in [-0.2, -0.15) is 13.1 Å². The van der Waals surface area contributed by atoms with Crippen molar-refractivity contribution in [2.45, 2.75) is 59.5 Å². The topological polar surface area (TPSA) is 138 Å². The second kappa shape index (κ2) is 14.9. The monoisotopic (exact) mass is 687 g/mol. The summed E-state index contributed by atoms with van der Waals surface area (Å²) in [5.74, 6) is 1.62. The fourth-order valence-corrected chi connectivity index (χ4v) is 5.14. The third kappa shape index (κ3) is 8.31. The van der Waals surface area contributed by atoms with Crippen LogP contribution >= 0.6 is 15.9 Å². The van der Waals surface area contributed by atoms with E-state index in [1.807, 2.05) is 38.1 Å². The summed E-state index contributed by atoms with van der Waals surface area (Å²) in [6, 6.07) is 18.4. The van der Waals surface area contributed by atoms with Crippen molar-refractivity contribution < 1.29 is 22.1 Å². The molecule has 0 bridgehead atoms. The molecule has 0 saturated carbocycles. The van der Waals surface area contributed by atoms with Crippen LogP contribution < -0.4 is 0 Å². The van der Waals surface area contributed by atoms with E-state index in [2.05, 4.69) is 78.3 Å². The third-order valence-corrected chi connectivity index (χ3v) is 7.41. The molecule has 5 aromatic rings. The van der Waals surface area contributed by atoms with Gasteiger partial charge in [0.25, 0.3) is 10.1 Å². The van der Waals surface area contributed by atoms with Crippen molar-refractivity contribution in [3.63, 3.8) is 0 Å². The number of benzene rings is 2. The smallest absolute Gasteiger partial charge is 0.261 e. The lowest BCUT2D eigenvalue weighted by Crippen LogP contribution is -2.12. The first kappa shape index (κ1) is 33.3. The average Bonchev–Trinajstić information content (AvgIpc) is 3.60. The van der Waals surface area contributed by atoms with Gasteiger partial charge < -0.3 is 9.30 Å². The quantitative estimate of drug-likeness (QED) is 0.156. The molecule has 11 nitrogen and oxygen atoms in total. The Balaban J connectivity index is 0.000000818. The van der Waals surface area contributed by atoms with Crippen molar-refractivity contribution in [1.29, 1.82) is 0 Å². The molecule has 44 heavy (non-hydrogen) atoms. The Bertz CT molecular complexity index is 1800. The molecule has 0 saturated heterocycles. The van der Waals surface area contributed by atoms with Gasteiger partial charge >= 0.3 is 0 Å². The molecule has 0 spiro atoms. The lowest BCUT2D eigenvalue weighted by Gasteiger charge is -2.15. The Morgan fingerprint density at radius 1 is 1.07 bits per heavy atom. The van der Waals surface area contributed by atoms with Crippen LogP contribution in [-0.4, -0.2) is 60.6 Å². The van der Waals surface area contributed by atoms with E-state index in [1.165, 1.54) is 0 Å². The number of unbranched alkanes of at least 4 members (excludes halogenated alkanes) is 1. The maximum absolute atomic E-state index is 13.6. The van der Waals surface area contributed by atoms with Crippen molar-refractivity contribution in [1.82, 2.24) is 34.7 Å². The highest BCUT2D eigenvalue weighted by atomic mass is 79.9. The molecule has 3 aromatic heterocycles. The van der Waals surface area contributed by atoms with Crippen LogP contribution in [-0.2, 0) is 34.5 Å². The number of hydrogen-bond donors (Lipinski definition) is 1. The number of halogens is 2. The van der Waals surface area contributed by atoms with Crippen molar-refractivity contribution in [2.24, 2.45) is 0 Å². The Kier molecular flexibility index (Phi) is 11.3. The van der Waals surface area contributed by atoms with Crippen LogP contribution in [0, 0.1) is 0 Å². The van der Waals surface area contributed by atoms with Gasteiger partial charge in [-0.05, 0) is 69.4 Å². The largest absolute Gasteiger partial charge is 0.357 e. The molecule has 14 heteroatoms. The van der Waals surface area contributed by atoms with Crippen LogP contribution in [0.3, 0.4) is 0 Å². The van der Waals surface area contributed by atoms with E-state index in [9.17, 15) is 12.8 Å². The zero-order valence-corrected chi connectivity index (χ0v) is 27.4. The summed E-state index contributed by atoms with van der Waals surface area (Å²) in [5, 5.41) is 12.4. The molecule has 1 N–H and O–H groups in total. The maximum Gasteiger partial charge on any atom is 0.261 e. The molecule has 0 aliphatic rings. The Morgan fingerprint density at radius 3 is 2.39 bits per heavy atom. The molecule has 0 amide bonds. The van der Waals surface area contributed by atoms with Crippen molar-refractivity contribution in [3.05, 3.63) is 76.2 Å². The number of fused-ring (bicyclic) bond motifs is 1. The van der Waals surface area contributed by atoms with Gasteiger partial charge in [0.15, 0.2) is 17.7 Å². The summed E-state index contributed by atoms with van der Waals surface area (Å²) in [6.45, 7) is 6.58. The number of tetrazole rings is 1. The molecule has 0 aliphatic carbocycles. The average molecular weight is 689 g/mol. The van der Waals surface area contributed by atoms with Crippen molar-refractivity contribution in [2.75, 3.05) is 12.9 Å². The summed E-state index contributed by atoms with van der Waals surface area (Å²) in [7, 11) is -3.67. The summed E-state index contributed by atoms with van der Waals surface area (Å²) >= 11 is 3.43. The number of aryl methyl sites for hydroxylation is 1. The first-order valence-electron chi connectivity index (χ1n) is 14.1. The third-order valence-electron chi connectivity index (χ3n) is 6.73. The molecule has 3 heterocycles. The lowest BCUT2D eigenvalue weighted by atomic mass is 9.98. The lowest BCUT2D eigenvalue weighted by molar-refractivity contribution is 0.0159. The van der Waals surface area contributed by atoms with Gasteiger partial charge in [-0.3, -0.25) is 4.55 Å². The number of nitrogens with zero attached hydrogens (tertiary/aromatic N) is 7. The minimum atomic E-state index is -3.67. The van der Waals surface area contributed by atoms with Gasteiger partial charge in [0.1, 0.15) is 18.0 Å². The van der Waals surface area contributed by atoms with E-state index in [0.29, 0.717) is 41.0 Å². The predicted octanol–water partition coefficient (Wildman–Crippen LogP) is 6.43. The van der Waals surface area contributed by atoms with Crippen LogP contribution in [0.1, 0.15) is 56.9 Å². The molecule has 2 aromatic carbocycles. The van der Waals surface area contributed by atoms with E-state index in [-0.39, 0.29) is 6.23 Å². The Labute approximate surface area is 264 Å². The molecular weight excluding hydrogens is 653 g/mol. The fourth-order valence-electron chi connectivity index (χ4n) is 4.72. The van der Waals surface area contributed by atoms with Gasteiger partial charge in [-0.25, -0.2) is 14.4 Å². The summed E-state index contributed by atoms with van der Waals surface area (Å²) in [6.07, 6.45) is 3.37. The van der Waals surface area contributed by atoms with E-state index in [0.717, 1.165) is 52.9 Å². The molecular formula is C30H35BrFN7O4S. The highest BCUT2D eigenvalue weighted by Crippen LogP contribution is 2.32. The van der Waals surface area contributed by atoms with Crippen LogP contribution in [0.4, 0.5) is 4.39 Å². The minimum Gasteiger partial charge on any atom is -0.357 e. The summed E-state index contributed by atoms with van der Waals surface area (Å²) in [5.41, 5.74) is 5.98. The highest BCUT2D eigenvalue weighted by Gasteiger charge is 2.19. The van der Waals surface area contributed by atoms with E-state index in [4.69, 9.17) is 14.3 Å². The number of aromatic nitrogens is 7. The number of alkyl halides is 1. The molecule has 1 unspecified atom stereocenters. The van der Waals surface area contributed by atoms with Crippen LogP contribution in [0.15, 0.2) is 59.1 Å². The first-order chi connectivity index (χ1) is 21.0. The maximum atomic E-state index is 13.6. The summed E-state index contributed by atoms with van der Waals surface area (Å²) < 4.78 is 49.6. The zero-order valence-electron chi connectivity index (χ0n) is 25.0. The standard InChI is InChI=1S/C29H31BrFN7O.CH4O3S/c1-4-6-11-27-32-25-16-24(30)26(17-31)33-29(25)37(27)18-20-12-14-21(15-13-20)22-9-7-8-10-23(22)28-34-35-36-38(28)19(3)39-5-2;1-5(2,3)4/h7-10,12-16,19H,4-6,11,17-18H2,1-3H3;1H3,(H,2,3,4). The van der Waals surface area contributed by atoms with Crippen LogP contribution in [0.25, 0.3) is 33.7 Å². The number of ether oxygens (including phenoxy) is 1. The minimum absolute atomic E-state index is 0.283. The van der Waals surface area contributed by atoms with Gasteiger partial charge in [0.2, 0.25) is 0 Å². The van der Waals surface area contributed by atoms with Gasteiger partial charge in [0, 0.05) is 23.1 Å². The van der Waals surface area contributed by atoms with Gasteiger partial charge in [-0.15, -0.1) is 5.10 Å².